The molecule has 5 nitrogen and oxygen atoms in total. The minimum Gasteiger partial charge on any atom is -0.480 e. The first-order valence-electron chi connectivity index (χ1n) is 4.78. The highest BCUT2D eigenvalue weighted by Gasteiger charge is 2.24. The first-order valence-corrected chi connectivity index (χ1v) is 4.78. The third-order valence-electron chi connectivity index (χ3n) is 2.39. The number of piperidine rings is 1. The van der Waals surface area contributed by atoms with Gasteiger partial charge in [0.2, 0.25) is 5.91 Å². The fourth-order valence-corrected chi connectivity index (χ4v) is 1.66. The number of rotatable bonds is 3. The predicted molar refractivity (Wildman–Crippen MR) is 50.9 cm³/mol. The topological polar surface area (TPSA) is 69.6 Å². The average molecular weight is 200 g/mol. The minimum absolute atomic E-state index is 0.0481. The Morgan fingerprint density at radius 1 is 1.57 bits per heavy atom. The third-order valence-corrected chi connectivity index (χ3v) is 2.39. The second-order valence-corrected chi connectivity index (χ2v) is 3.63. The molecule has 1 atom stereocenters. The van der Waals surface area contributed by atoms with Crippen molar-refractivity contribution in [3.63, 3.8) is 0 Å². The maximum atomic E-state index is 11.7. The molecule has 0 aromatic heterocycles. The molecule has 0 saturated carbocycles. The number of likely N-dealkylation sites (N-methyl/N-ethyl adjacent to an activating group) is 1. The minimum atomic E-state index is -0.968. The van der Waals surface area contributed by atoms with Gasteiger partial charge in [-0.1, -0.05) is 0 Å². The SMILES string of the molecule is CN(CC(=O)O)C(=O)[C@H]1CCCNC1. The lowest BCUT2D eigenvalue weighted by Gasteiger charge is -2.25. The van der Waals surface area contributed by atoms with Gasteiger partial charge in [0.1, 0.15) is 6.54 Å². The van der Waals surface area contributed by atoms with Crippen molar-refractivity contribution in [1.29, 1.82) is 0 Å². The Morgan fingerprint density at radius 2 is 2.29 bits per heavy atom. The molecule has 80 valence electrons. The van der Waals surface area contributed by atoms with Crippen LogP contribution in [0.1, 0.15) is 12.8 Å². The quantitative estimate of drug-likeness (QED) is 0.646. The number of hydrogen-bond acceptors (Lipinski definition) is 3. The van der Waals surface area contributed by atoms with Gasteiger partial charge in [-0.25, -0.2) is 0 Å². The van der Waals surface area contributed by atoms with E-state index in [1.165, 1.54) is 11.9 Å². The van der Waals surface area contributed by atoms with Crippen LogP contribution in [-0.4, -0.2) is 48.6 Å². The molecule has 0 aromatic carbocycles. The molecule has 1 rings (SSSR count). The van der Waals surface area contributed by atoms with Gasteiger partial charge in [0.25, 0.3) is 0 Å². The summed E-state index contributed by atoms with van der Waals surface area (Å²) in [5.41, 5.74) is 0. The highest BCUT2D eigenvalue weighted by atomic mass is 16.4. The molecule has 1 saturated heterocycles. The predicted octanol–water partition coefficient (Wildman–Crippen LogP) is -0.471. The fourth-order valence-electron chi connectivity index (χ4n) is 1.66. The Bertz CT molecular complexity index is 224. The van der Waals surface area contributed by atoms with Gasteiger partial charge in [-0.2, -0.15) is 0 Å². The van der Waals surface area contributed by atoms with Crippen LogP contribution in [0.4, 0.5) is 0 Å². The van der Waals surface area contributed by atoms with E-state index < -0.39 is 5.97 Å². The van der Waals surface area contributed by atoms with E-state index in [1.807, 2.05) is 0 Å². The van der Waals surface area contributed by atoms with E-state index in [0.717, 1.165) is 19.4 Å². The van der Waals surface area contributed by atoms with Crippen LogP contribution in [0.3, 0.4) is 0 Å². The van der Waals surface area contributed by atoms with Crippen LogP contribution in [0.25, 0.3) is 0 Å². The highest BCUT2D eigenvalue weighted by Crippen LogP contribution is 2.12. The van der Waals surface area contributed by atoms with Crippen molar-refractivity contribution < 1.29 is 14.7 Å². The molecule has 0 spiro atoms. The summed E-state index contributed by atoms with van der Waals surface area (Å²) in [6.07, 6.45) is 1.84. The third kappa shape index (κ3) is 2.99. The number of carbonyl (C=O) groups is 2. The Labute approximate surface area is 83.1 Å². The molecule has 0 aromatic rings. The molecular formula is C9H16N2O3. The van der Waals surface area contributed by atoms with Crippen molar-refractivity contribution in [2.24, 2.45) is 5.92 Å². The molecule has 1 aliphatic heterocycles. The van der Waals surface area contributed by atoms with E-state index in [4.69, 9.17) is 5.11 Å². The number of aliphatic carboxylic acids is 1. The van der Waals surface area contributed by atoms with E-state index in [0.29, 0.717) is 6.54 Å². The van der Waals surface area contributed by atoms with E-state index in [2.05, 4.69) is 5.32 Å². The Hall–Kier alpha value is -1.10. The van der Waals surface area contributed by atoms with Crippen LogP contribution in [0.2, 0.25) is 0 Å². The van der Waals surface area contributed by atoms with Gasteiger partial charge in [0.15, 0.2) is 0 Å². The molecule has 1 aliphatic rings. The van der Waals surface area contributed by atoms with E-state index in [-0.39, 0.29) is 18.4 Å². The summed E-state index contributed by atoms with van der Waals surface area (Å²) < 4.78 is 0. The van der Waals surface area contributed by atoms with Crippen LogP contribution >= 0.6 is 0 Å². The molecule has 2 N–H and O–H groups in total. The lowest BCUT2D eigenvalue weighted by molar-refractivity contribution is -0.145. The molecule has 14 heavy (non-hydrogen) atoms. The van der Waals surface area contributed by atoms with E-state index in [9.17, 15) is 9.59 Å². The second-order valence-electron chi connectivity index (χ2n) is 3.63. The summed E-state index contributed by atoms with van der Waals surface area (Å²) in [6.45, 7) is 1.41. The number of nitrogens with zero attached hydrogens (tertiary/aromatic N) is 1. The van der Waals surface area contributed by atoms with Crippen molar-refractivity contribution in [1.82, 2.24) is 10.2 Å². The Balaban J connectivity index is 2.42. The first-order chi connectivity index (χ1) is 6.61. The average Bonchev–Trinajstić information content (AvgIpc) is 2.17. The van der Waals surface area contributed by atoms with Crippen LogP contribution in [-0.2, 0) is 9.59 Å². The van der Waals surface area contributed by atoms with Gasteiger partial charge in [-0.05, 0) is 19.4 Å². The van der Waals surface area contributed by atoms with E-state index in [1.54, 1.807) is 0 Å². The highest BCUT2D eigenvalue weighted by molar-refractivity contribution is 5.83. The van der Waals surface area contributed by atoms with Crippen molar-refractivity contribution in [2.45, 2.75) is 12.8 Å². The van der Waals surface area contributed by atoms with Crippen molar-refractivity contribution in [3.8, 4) is 0 Å². The first kappa shape index (κ1) is 11.0. The van der Waals surface area contributed by atoms with Gasteiger partial charge < -0.3 is 15.3 Å². The summed E-state index contributed by atoms with van der Waals surface area (Å²) in [5.74, 6) is -1.09. The van der Waals surface area contributed by atoms with Gasteiger partial charge in [0.05, 0.1) is 5.92 Å². The zero-order valence-electron chi connectivity index (χ0n) is 8.32. The Morgan fingerprint density at radius 3 is 2.79 bits per heavy atom. The van der Waals surface area contributed by atoms with Crippen molar-refractivity contribution in [3.05, 3.63) is 0 Å². The standard InChI is InChI=1S/C9H16N2O3/c1-11(6-8(12)13)9(14)7-3-2-4-10-5-7/h7,10H,2-6H2,1H3,(H,12,13)/t7-/m0/s1. The number of carboxylic acids is 1. The molecular weight excluding hydrogens is 184 g/mol. The van der Waals surface area contributed by atoms with Gasteiger partial charge in [-0.3, -0.25) is 9.59 Å². The van der Waals surface area contributed by atoms with Gasteiger partial charge >= 0.3 is 5.97 Å². The molecule has 0 bridgehead atoms. The van der Waals surface area contributed by atoms with Crippen molar-refractivity contribution >= 4 is 11.9 Å². The Kier molecular flexibility index (Phi) is 3.88. The summed E-state index contributed by atoms with van der Waals surface area (Å²) in [4.78, 5) is 23.3. The van der Waals surface area contributed by atoms with Gasteiger partial charge in [0, 0.05) is 13.6 Å². The lowest BCUT2D eigenvalue weighted by Crippen LogP contribution is -2.43. The fraction of sp³-hybridized carbons (Fsp3) is 0.778. The molecule has 1 amide bonds. The smallest absolute Gasteiger partial charge is 0.323 e. The maximum Gasteiger partial charge on any atom is 0.323 e. The normalized spacial score (nSPS) is 21.6. The second kappa shape index (κ2) is 4.95. The van der Waals surface area contributed by atoms with Crippen LogP contribution in [0.15, 0.2) is 0 Å². The zero-order valence-corrected chi connectivity index (χ0v) is 8.32. The summed E-state index contributed by atoms with van der Waals surface area (Å²) in [5, 5.41) is 11.7. The van der Waals surface area contributed by atoms with Crippen LogP contribution in [0, 0.1) is 5.92 Å². The lowest BCUT2D eigenvalue weighted by atomic mass is 9.98. The molecule has 1 fully saturated rings. The monoisotopic (exact) mass is 200 g/mol. The van der Waals surface area contributed by atoms with Crippen LogP contribution in [0.5, 0.6) is 0 Å². The van der Waals surface area contributed by atoms with E-state index >= 15 is 0 Å². The maximum absolute atomic E-state index is 11.7. The summed E-state index contributed by atoms with van der Waals surface area (Å²) in [7, 11) is 1.53. The zero-order chi connectivity index (χ0) is 10.6. The largest absolute Gasteiger partial charge is 0.480 e. The summed E-state index contributed by atoms with van der Waals surface area (Å²) in [6, 6.07) is 0. The number of carbonyl (C=O) groups excluding carboxylic acids is 1. The number of carboxylic acid groups (broad SMARTS) is 1. The molecule has 5 heteroatoms. The van der Waals surface area contributed by atoms with Gasteiger partial charge in [-0.15, -0.1) is 0 Å². The number of hydrogen-bond donors (Lipinski definition) is 2. The molecule has 0 aliphatic carbocycles. The summed E-state index contributed by atoms with van der Waals surface area (Å²) >= 11 is 0. The number of amides is 1. The molecule has 0 radical (unpaired) electrons. The molecule has 1 heterocycles. The number of nitrogens with one attached hydrogen (secondary N) is 1. The van der Waals surface area contributed by atoms with Crippen molar-refractivity contribution in [2.75, 3.05) is 26.7 Å². The van der Waals surface area contributed by atoms with Crippen LogP contribution < -0.4 is 5.32 Å². The molecule has 0 unspecified atom stereocenters.